The van der Waals surface area contributed by atoms with Crippen LogP contribution in [-0.2, 0) is 0 Å². The van der Waals surface area contributed by atoms with E-state index in [1.165, 1.54) is 23.8 Å². The maximum Gasteiger partial charge on any atom is 0.223 e. The molecule has 3 aromatic heterocycles. The predicted molar refractivity (Wildman–Crippen MR) is 138 cm³/mol. The molecule has 196 valence electrons. The van der Waals surface area contributed by atoms with E-state index in [1.807, 2.05) is 13.1 Å². The molecule has 3 N–H and O–H groups in total. The average molecular weight is 509 g/mol. The van der Waals surface area contributed by atoms with Gasteiger partial charge in [-0.1, -0.05) is 0 Å². The van der Waals surface area contributed by atoms with Gasteiger partial charge in [-0.3, -0.25) is 4.68 Å². The fraction of sp³-hybridized carbons (Fsp3) is 0.538. The number of aromatic nitrogens is 6. The number of hydrogen-bond acceptors (Lipinski definition) is 8. The van der Waals surface area contributed by atoms with Gasteiger partial charge in [0.15, 0.2) is 23.0 Å². The number of methoxy groups -OCH3 is 1. The van der Waals surface area contributed by atoms with Crippen LogP contribution >= 0.6 is 0 Å². The van der Waals surface area contributed by atoms with Gasteiger partial charge in [0.25, 0.3) is 0 Å². The van der Waals surface area contributed by atoms with Crippen molar-refractivity contribution in [2.45, 2.75) is 76.0 Å². The summed E-state index contributed by atoms with van der Waals surface area (Å²) in [7, 11) is 1.42. The Morgan fingerprint density at radius 1 is 1.16 bits per heavy atom. The second kappa shape index (κ2) is 8.83. The Labute approximate surface area is 214 Å². The van der Waals surface area contributed by atoms with Crippen LogP contribution in [0.4, 0.5) is 16.0 Å². The van der Waals surface area contributed by atoms with E-state index in [2.05, 4.69) is 32.8 Å². The SMILES string of the molecule is COc1cc2nc(N)n3nc([C@H]4CC[C@@H](C)N(c5cnn([C@H]6CC[C@@](C)(O)CC6)c5)C4)nc3c2cc1F. The highest BCUT2D eigenvalue weighted by atomic mass is 19.1. The fourth-order valence-electron chi connectivity index (χ4n) is 5.82. The maximum atomic E-state index is 14.5. The molecule has 1 aliphatic carbocycles. The lowest BCUT2D eigenvalue weighted by molar-refractivity contribution is 0.00851. The second-order valence-corrected chi connectivity index (χ2v) is 10.9. The highest BCUT2D eigenvalue weighted by molar-refractivity contribution is 5.93. The topological polar surface area (TPSA) is 120 Å². The zero-order chi connectivity index (χ0) is 25.9. The van der Waals surface area contributed by atoms with Gasteiger partial charge in [0.2, 0.25) is 5.95 Å². The Hall–Kier alpha value is -3.47. The number of piperidine rings is 1. The number of nitrogens with two attached hydrogens (primary N) is 1. The molecule has 0 amide bonds. The van der Waals surface area contributed by atoms with Crippen molar-refractivity contribution in [1.82, 2.24) is 29.4 Å². The van der Waals surface area contributed by atoms with Gasteiger partial charge in [-0.25, -0.2) is 14.4 Å². The molecule has 37 heavy (non-hydrogen) atoms. The van der Waals surface area contributed by atoms with Crippen molar-refractivity contribution in [3.63, 3.8) is 0 Å². The minimum atomic E-state index is -0.565. The van der Waals surface area contributed by atoms with Crippen LogP contribution in [0.3, 0.4) is 0 Å². The third-order valence-corrected chi connectivity index (χ3v) is 8.16. The van der Waals surface area contributed by atoms with Gasteiger partial charge in [0.1, 0.15) is 0 Å². The zero-order valence-electron chi connectivity index (χ0n) is 21.4. The first kappa shape index (κ1) is 23.9. The van der Waals surface area contributed by atoms with E-state index < -0.39 is 11.4 Å². The van der Waals surface area contributed by atoms with Crippen molar-refractivity contribution in [3.8, 4) is 5.75 Å². The summed E-state index contributed by atoms with van der Waals surface area (Å²) in [5.41, 5.74) is 7.72. The molecular weight excluding hydrogens is 475 g/mol. The van der Waals surface area contributed by atoms with E-state index in [9.17, 15) is 9.50 Å². The fourth-order valence-corrected chi connectivity index (χ4v) is 5.82. The average Bonchev–Trinajstić information content (AvgIpc) is 3.53. The maximum absolute atomic E-state index is 14.5. The smallest absolute Gasteiger partial charge is 0.223 e. The van der Waals surface area contributed by atoms with E-state index in [0.29, 0.717) is 34.5 Å². The molecule has 2 atom stereocenters. The van der Waals surface area contributed by atoms with Crippen LogP contribution in [0.15, 0.2) is 24.5 Å². The summed E-state index contributed by atoms with van der Waals surface area (Å²) in [6.07, 6.45) is 9.42. The Morgan fingerprint density at radius 2 is 1.95 bits per heavy atom. The van der Waals surface area contributed by atoms with Gasteiger partial charge >= 0.3 is 0 Å². The Morgan fingerprint density at radius 3 is 2.70 bits per heavy atom. The van der Waals surface area contributed by atoms with Gasteiger partial charge < -0.3 is 20.5 Å². The number of fused-ring (bicyclic) bond motifs is 3. The van der Waals surface area contributed by atoms with E-state index in [1.54, 1.807) is 0 Å². The van der Waals surface area contributed by atoms with E-state index >= 15 is 0 Å². The number of benzene rings is 1. The number of halogens is 1. The van der Waals surface area contributed by atoms with Crippen molar-refractivity contribution in [2.24, 2.45) is 0 Å². The summed E-state index contributed by atoms with van der Waals surface area (Å²) in [6, 6.07) is 3.58. The van der Waals surface area contributed by atoms with Crippen molar-refractivity contribution in [2.75, 3.05) is 24.3 Å². The molecule has 1 saturated carbocycles. The van der Waals surface area contributed by atoms with Gasteiger partial charge in [0.05, 0.1) is 36.2 Å². The molecule has 10 nitrogen and oxygen atoms in total. The lowest BCUT2D eigenvalue weighted by atomic mass is 9.84. The van der Waals surface area contributed by atoms with Gasteiger partial charge in [-0.05, 0) is 58.4 Å². The number of nitrogens with zero attached hydrogens (tertiary/aromatic N) is 7. The molecule has 0 radical (unpaired) electrons. The molecule has 2 aliphatic rings. The standard InChI is InChI=1S/C26H33FN8O2/c1-15-4-5-16(13-33(15)18-12-29-34(14-18)17-6-8-26(2,36)9-7-17)23-31-24-19-10-20(27)22(37-3)11-21(19)30-25(28)35(24)32-23/h10-12,14-17,36H,4-9,13H2,1-3H3,(H2,28,30)/t15-,16+,17-,26+/m1/s1. The molecule has 6 rings (SSSR count). The van der Waals surface area contributed by atoms with Gasteiger partial charge in [-0.2, -0.15) is 9.61 Å². The van der Waals surface area contributed by atoms with Crippen LogP contribution in [0.25, 0.3) is 16.6 Å². The molecule has 0 bridgehead atoms. The molecular formula is C26H33FN8O2. The number of anilines is 2. The molecule has 1 saturated heterocycles. The van der Waals surface area contributed by atoms with Crippen molar-refractivity contribution in [3.05, 3.63) is 36.2 Å². The monoisotopic (exact) mass is 508 g/mol. The van der Waals surface area contributed by atoms with Crippen LogP contribution in [0.1, 0.15) is 70.2 Å². The highest BCUT2D eigenvalue weighted by Gasteiger charge is 2.33. The summed E-state index contributed by atoms with van der Waals surface area (Å²) in [5.74, 6) is 0.588. The molecule has 1 aromatic carbocycles. The third kappa shape index (κ3) is 4.24. The molecule has 1 aliphatic heterocycles. The van der Waals surface area contributed by atoms with E-state index in [0.717, 1.165) is 50.8 Å². The van der Waals surface area contributed by atoms with E-state index in [-0.39, 0.29) is 17.6 Å². The van der Waals surface area contributed by atoms with Crippen LogP contribution in [0.5, 0.6) is 5.75 Å². The Bertz CT molecular complexity index is 1450. The molecule has 4 aromatic rings. The first-order valence-corrected chi connectivity index (χ1v) is 12.9. The minimum absolute atomic E-state index is 0.0850. The number of aliphatic hydroxyl groups is 1. The molecule has 0 unspecified atom stereocenters. The summed E-state index contributed by atoms with van der Waals surface area (Å²) in [5, 5.41) is 20.2. The summed E-state index contributed by atoms with van der Waals surface area (Å²) < 4.78 is 23.2. The third-order valence-electron chi connectivity index (χ3n) is 8.16. The molecule has 4 heterocycles. The predicted octanol–water partition coefficient (Wildman–Crippen LogP) is 3.84. The number of ether oxygens (including phenoxy) is 1. The van der Waals surface area contributed by atoms with E-state index in [4.69, 9.17) is 20.6 Å². The van der Waals surface area contributed by atoms with Crippen LogP contribution in [0, 0.1) is 5.82 Å². The largest absolute Gasteiger partial charge is 0.494 e. The second-order valence-electron chi connectivity index (χ2n) is 10.9. The lowest BCUT2D eigenvalue weighted by Crippen LogP contribution is -2.41. The summed E-state index contributed by atoms with van der Waals surface area (Å²) >= 11 is 0. The Balaban J connectivity index is 1.28. The molecule has 11 heteroatoms. The first-order valence-electron chi connectivity index (χ1n) is 12.9. The quantitative estimate of drug-likeness (QED) is 0.427. The first-order chi connectivity index (χ1) is 17.7. The number of rotatable bonds is 4. The van der Waals surface area contributed by atoms with Crippen molar-refractivity contribution >= 4 is 28.2 Å². The minimum Gasteiger partial charge on any atom is -0.494 e. The highest BCUT2D eigenvalue weighted by Crippen LogP contribution is 2.37. The molecule has 0 spiro atoms. The zero-order valence-corrected chi connectivity index (χ0v) is 21.4. The summed E-state index contributed by atoms with van der Waals surface area (Å²) in [6.45, 7) is 4.89. The normalized spacial score (nSPS) is 26.7. The van der Waals surface area contributed by atoms with Crippen molar-refractivity contribution in [1.29, 1.82) is 0 Å². The van der Waals surface area contributed by atoms with Crippen LogP contribution in [-0.4, -0.2) is 59.8 Å². The number of hydrogen-bond donors (Lipinski definition) is 2. The van der Waals surface area contributed by atoms with Crippen LogP contribution < -0.4 is 15.4 Å². The number of nitrogen functional groups attached to an aromatic ring is 1. The van der Waals surface area contributed by atoms with Crippen LogP contribution in [0.2, 0.25) is 0 Å². The molecule has 2 fully saturated rings. The van der Waals surface area contributed by atoms with Gasteiger partial charge in [-0.15, -0.1) is 5.10 Å². The van der Waals surface area contributed by atoms with Gasteiger partial charge in [0, 0.05) is 36.2 Å². The lowest BCUT2D eigenvalue weighted by Gasteiger charge is -2.38. The van der Waals surface area contributed by atoms with Crippen molar-refractivity contribution < 1.29 is 14.2 Å². The summed E-state index contributed by atoms with van der Waals surface area (Å²) in [4.78, 5) is 11.6. The Kier molecular flexibility index (Phi) is 5.70.